The van der Waals surface area contributed by atoms with Crippen molar-refractivity contribution < 1.29 is 4.39 Å². The molecule has 0 aliphatic rings. The number of azide groups is 1. The van der Waals surface area contributed by atoms with Crippen LogP contribution in [0.3, 0.4) is 0 Å². The quantitative estimate of drug-likeness (QED) is 0.400. The Bertz CT molecular complexity index is 328. The maximum Gasteiger partial charge on any atom is 0.123 e. The van der Waals surface area contributed by atoms with Gasteiger partial charge in [0.15, 0.2) is 0 Å². The van der Waals surface area contributed by atoms with Crippen molar-refractivity contribution in [2.75, 3.05) is 6.54 Å². The molecular weight excluding hydrogens is 181 g/mol. The van der Waals surface area contributed by atoms with Crippen molar-refractivity contribution in [3.63, 3.8) is 0 Å². The number of rotatable bonds is 4. The van der Waals surface area contributed by atoms with E-state index in [1.807, 2.05) is 6.92 Å². The Balaban J connectivity index is 2.51. The second-order valence-corrected chi connectivity index (χ2v) is 3.35. The van der Waals surface area contributed by atoms with Crippen LogP contribution in [0, 0.1) is 11.7 Å². The minimum atomic E-state index is -0.226. The fraction of sp³-hybridized carbons (Fsp3) is 0.400. The molecule has 1 unspecified atom stereocenters. The number of hydrogen-bond acceptors (Lipinski definition) is 1. The predicted octanol–water partition coefficient (Wildman–Crippen LogP) is 3.31. The van der Waals surface area contributed by atoms with Crippen LogP contribution >= 0.6 is 0 Å². The van der Waals surface area contributed by atoms with Gasteiger partial charge in [-0.25, -0.2) is 4.39 Å². The maximum atomic E-state index is 12.6. The average Bonchev–Trinajstić information content (AvgIpc) is 2.18. The molecule has 0 saturated heterocycles. The highest BCUT2D eigenvalue weighted by atomic mass is 19.1. The van der Waals surface area contributed by atoms with E-state index in [0.717, 1.165) is 12.0 Å². The summed E-state index contributed by atoms with van der Waals surface area (Å²) in [6, 6.07) is 6.38. The highest BCUT2D eigenvalue weighted by Crippen LogP contribution is 2.09. The van der Waals surface area contributed by atoms with E-state index in [0.29, 0.717) is 6.54 Å². The molecule has 0 saturated carbocycles. The first-order valence-electron chi connectivity index (χ1n) is 4.47. The number of nitrogens with zero attached hydrogens (tertiary/aromatic N) is 3. The van der Waals surface area contributed by atoms with Gasteiger partial charge in [-0.3, -0.25) is 0 Å². The fourth-order valence-corrected chi connectivity index (χ4v) is 1.26. The smallest absolute Gasteiger partial charge is 0.123 e. The second-order valence-electron chi connectivity index (χ2n) is 3.35. The van der Waals surface area contributed by atoms with Crippen LogP contribution in [0.15, 0.2) is 29.4 Å². The molecule has 0 N–H and O–H groups in total. The van der Waals surface area contributed by atoms with E-state index in [-0.39, 0.29) is 11.7 Å². The van der Waals surface area contributed by atoms with Crippen molar-refractivity contribution in [3.05, 3.63) is 46.1 Å². The lowest BCUT2D eigenvalue weighted by molar-refractivity contribution is 0.588. The van der Waals surface area contributed by atoms with Crippen molar-refractivity contribution in [3.8, 4) is 0 Å². The third-order valence-electron chi connectivity index (χ3n) is 1.95. The molecule has 1 atom stereocenters. The molecule has 0 aliphatic carbocycles. The molecule has 14 heavy (non-hydrogen) atoms. The highest BCUT2D eigenvalue weighted by molar-refractivity contribution is 5.16. The van der Waals surface area contributed by atoms with Crippen molar-refractivity contribution >= 4 is 0 Å². The molecule has 1 rings (SSSR count). The van der Waals surface area contributed by atoms with Gasteiger partial charge >= 0.3 is 0 Å². The van der Waals surface area contributed by atoms with E-state index in [4.69, 9.17) is 5.53 Å². The van der Waals surface area contributed by atoms with Crippen LogP contribution in [0.1, 0.15) is 12.5 Å². The first-order valence-corrected chi connectivity index (χ1v) is 4.47. The van der Waals surface area contributed by atoms with Crippen LogP contribution in [0.4, 0.5) is 4.39 Å². The van der Waals surface area contributed by atoms with Crippen LogP contribution in [0.2, 0.25) is 0 Å². The molecule has 74 valence electrons. The topological polar surface area (TPSA) is 48.8 Å². The van der Waals surface area contributed by atoms with Crippen LogP contribution < -0.4 is 0 Å². The van der Waals surface area contributed by atoms with Crippen molar-refractivity contribution in [1.82, 2.24) is 0 Å². The van der Waals surface area contributed by atoms with E-state index in [2.05, 4.69) is 10.0 Å². The van der Waals surface area contributed by atoms with Gasteiger partial charge in [0.2, 0.25) is 0 Å². The summed E-state index contributed by atoms with van der Waals surface area (Å²) in [6.07, 6.45) is 0.805. The van der Waals surface area contributed by atoms with Gasteiger partial charge in [-0.05, 0) is 35.6 Å². The Morgan fingerprint density at radius 1 is 1.43 bits per heavy atom. The highest BCUT2D eigenvalue weighted by Gasteiger charge is 2.02. The lowest BCUT2D eigenvalue weighted by atomic mass is 10.0. The molecule has 0 spiro atoms. The summed E-state index contributed by atoms with van der Waals surface area (Å²) in [4.78, 5) is 2.70. The molecular formula is C10H12FN3. The van der Waals surface area contributed by atoms with Crippen molar-refractivity contribution in [1.29, 1.82) is 0 Å². The molecule has 0 bridgehead atoms. The molecule has 0 aliphatic heterocycles. The molecule has 3 nitrogen and oxygen atoms in total. The number of hydrogen-bond donors (Lipinski definition) is 0. The summed E-state index contributed by atoms with van der Waals surface area (Å²) in [5, 5.41) is 3.49. The Morgan fingerprint density at radius 3 is 2.64 bits per heavy atom. The molecule has 1 aromatic rings. The SMILES string of the molecule is CC(CN=[N+]=[N-])Cc1ccc(F)cc1. The third kappa shape index (κ3) is 3.46. The minimum Gasteiger partial charge on any atom is -0.207 e. The summed E-state index contributed by atoms with van der Waals surface area (Å²) in [5.41, 5.74) is 9.19. The fourth-order valence-electron chi connectivity index (χ4n) is 1.26. The summed E-state index contributed by atoms with van der Waals surface area (Å²) >= 11 is 0. The van der Waals surface area contributed by atoms with E-state index in [1.165, 1.54) is 12.1 Å². The zero-order chi connectivity index (χ0) is 10.4. The minimum absolute atomic E-state index is 0.226. The summed E-state index contributed by atoms with van der Waals surface area (Å²) < 4.78 is 12.6. The van der Waals surface area contributed by atoms with Crippen LogP contribution in [-0.4, -0.2) is 6.54 Å². The van der Waals surface area contributed by atoms with Gasteiger partial charge in [0.05, 0.1) is 0 Å². The Hall–Kier alpha value is -1.54. The van der Waals surface area contributed by atoms with Gasteiger partial charge in [-0.1, -0.05) is 24.2 Å². The monoisotopic (exact) mass is 193 g/mol. The van der Waals surface area contributed by atoms with E-state index in [9.17, 15) is 4.39 Å². The number of halogens is 1. The molecule has 4 heteroatoms. The van der Waals surface area contributed by atoms with E-state index < -0.39 is 0 Å². The Labute approximate surface area is 82.2 Å². The van der Waals surface area contributed by atoms with Crippen molar-refractivity contribution in [2.24, 2.45) is 11.0 Å². The molecule has 0 aromatic heterocycles. The zero-order valence-corrected chi connectivity index (χ0v) is 8.02. The van der Waals surface area contributed by atoms with Crippen LogP contribution in [-0.2, 0) is 6.42 Å². The standard InChI is InChI=1S/C10H12FN3/c1-8(7-13-14-12)6-9-2-4-10(11)5-3-9/h2-5,8H,6-7H2,1H3. The Morgan fingerprint density at radius 2 is 2.07 bits per heavy atom. The van der Waals surface area contributed by atoms with Gasteiger partial charge in [0, 0.05) is 11.5 Å². The largest absolute Gasteiger partial charge is 0.207 e. The molecule has 0 amide bonds. The molecule has 0 fully saturated rings. The average molecular weight is 193 g/mol. The summed E-state index contributed by atoms with van der Waals surface area (Å²) in [5.74, 6) is 0.0628. The lowest BCUT2D eigenvalue weighted by Crippen LogP contribution is -2.02. The number of benzene rings is 1. The van der Waals surface area contributed by atoms with Crippen LogP contribution in [0.25, 0.3) is 10.4 Å². The Kier molecular flexibility index (Phi) is 3.95. The maximum absolute atomic E-state index is 12.6. The van der Waals surface area contributed by atoms with Gasteiger partial charge in [-0.15, -0.1) is 0 Å². The van der Waals surface area contributed by atoms with E-state index in [1.54, 1.807) is 12.1 Å². The van der Waals surface area contributed by atoms with Crippen molar-refractivity contribution in [2.45, 2.75) is 13.3 Å². The zero-order valence-electron chi connectivity index (χ0n) is 8.02. The summed E-state index contributed by atoms with van der Waals surface area (Å²) in [6.45, 7) is 2.48. The first-order chi connectivity index (χ1) is 6.72. The van der Waals surface area contributed by atoms with Gasteiger partial charge in [0.25, 0.3) is 0 Å². The van der Waals surface area contributed by atoms with E-state index >= 15 is 0 Å². The molecule has 0 radical (unpaired) electrons. The summed E-state index contributed by atoms with van der Waals surface area (Å²) in [7, 11) is 0. The normalized spacial score (nSPS) is 11.9. The third-order valence-corrected chi connectivity index (χ3v) is 1.95. The first kappa shape index (κ1) is 10.5. The van der Waals surface area contributed by atoms with Gasteiger partial charge < -0.3 is 0 Å². The molecule has 0 heterocycles. The lowest BCUT2D eigenvalue weighted by Gasteiger charge is -2.07. The predicted molar refractivity (Wildman–Crippen MR) is 53.3 cm³/mol. The van der Waals surface area contributed by atoms with Gasteiger partial charge in [0.1, 0.15) is 5.82 Å². The second kappa shape index (κ2) is 5.25. The van der Waals surface area contributed by atoms with Crippen LogP contribution in [0.5, 0.6) is 0 Å². The van der Waals surface area contributed by atoms with Gasteiger partial charge in [-0.2, -0.15) is 0 Å². The molecule has 1 aromatic carbocycles.